The third kappa shape index (κ3) is 2.16. The van der Waals surface area contributed by atoms with Crippen molar-refractivity contribution in [3.8, 4) is 0 Å². The molecule has 1 saturated carbocycles. The maximum atomic E-state index is 11.6. The molecule has 1 aromatic rings. The van der Waals surface area contributed by atoms with Gasteiger partial charge in [-0.1, -0.05) is 19.3 Å². The summed E-state index contributed by atoms with van der Waals surface area (Å²) in [6.07, 6.45) is 9.59. The Balaban J connectivity index is 1.87. The third-order valence-corrected chi connectivity index (χ3v) is 2.80. The van der Waals surface area contributed by atoms with Crippen LogP contribution in [0.3, 0.4) is 0 Å². The molecule has 0 spiro atoms. The van der Waals surface area contributed by atoms with Gasteiger partial charge in [-0.25, -0.2) is 0 Å². The second kappa shape index (κ2) is 4.31. The van der Waals surface area contributed by atoms with Gasteiger partial charge in [0.05, 0.1) is 5.56 Å². The van der Waals surface area contributed by atoms with Crippen LogP contribution in [0.15, 0.2) is 18.5 Å². The lowest BCUT2D eigenvalue weighted by Gasteiger charge is -2.22. The summed E-state index contributed by atoms with van der Waals surface area (Å²) in [5.74, 6) is 0.0538. The van der Waals surface area contributed by atoms with Crippen molar-refractivity contribution in [1.29, 1.82) is 0 Å². The summed E-state index contributed by atoms with van der Waals surface area (Å²) < 4.78 is 0. The van der Waals surface area contributed by atoms with Crippen LogP contribution < -0.4 is 5.32 Å². The summed E-state index contributed by atoms with van der Waals surface area (Å²) in [7, 11) is 0. The Morgan fingerprint density at radius 1 is 1.36 bits per heavy atom. The highest BCUT2D eigenvalue weighted by Crippen LogP contribution is 2.17. The van der Waals surface area contributed by atoms with Gasteiger partial charge in [0.2, 0.25) is 0 Å². The first-order chi connectivity index (χ1) is 6.86. The number of amides is 1. The highest BCUT2D eigenvalue weighted by Gasteiger charge is 2.16. The number of H-pyrrole nitrogens is 1. The lowest BCUT2D eigenvalue weighted by atomic mass is 9.95. The van der Waals surface area contributed by atoms with Crippen LogP contribution >= 0.6 is 0 Å². The van der Waals surface area contributed by atoms with Crippen molar-refractivity contribution in [2.24, 2.45) is 0 Å². The molecule has 0 aromatic carbocycles. The van der Waals surface area contributed by atoms with Gasteiger partial charge in [-0.3, -0.25) is 4.79 Å². The van der Waals surface area contributed by atoms with E-state index in [-0.39, 0.29) is 5.91 Å². The molecule has 1 aromatic heterocycles. The lowest BCUT2D eigenvalue weighted by Crippen LogP contribution is -2.35. The molecule has 1 amide bonds. The average molecular weight is 192 g/mol. The minimum absolute atomic E-state index is 0.0538. The topological polar surface area (TPSA) is 44.9 Å². The Labute approximate surface area is 83.9 Å². The molecule has 0 aliphatic heterocycles. The number of aromatic nitrogens is 1. The smallest absolute Gasteiger partial charge is 0.253 e. The second-order valence-electron chi connectivity index (χ2n) is 3.91. The molecule has 3 heteroatoms. The van der Waals surface area contributed by atoms with Crippen LogP contribution in [-0.2, 0) is 0 Å². The highest BCUT2D eigenvalue weighted by molar-refractivity contribution is 5.94. The Kier molecular flexibility index (Phi) is 2.87. The van der Waals surface area contributed by atoms with E-state index < -0.39 is 0 Å². The van der Waals surface area contributed by atoms with Gasteiger partial charge >= 0.3 is 0 Å². The van der Waals surface area contributed by atoms with Crippen molar-refractivity contribution < 1.29 is 4.79 Å². The number of carbonyl (C=O) groups is 1. The Hall–Kier alpha value is -1.25. The summed E-state index contributed by atoms with van der Waals surface area (Å²) in [6, 6.07) is 2.20. The first kappa shape index (κ1) is 9.31. The van der Waals surface area contributed by atoms with Gasteiger partial charge in [-0.15, -0.1) is 0 Å². The van der Waals surface area contributed by atoms with Crippen molar-refractivity contribution in [3.05, 3.63) is 24.0 Å². The van der Waals surface area contributed by atoms with E-state index in [0.717, 1.165) is 18.4 Å². The zero-order valence-corrected chi connectivity index (χ0v) is 8.25. The van der Waals surface area contributed by atoms with Crippen molar-refractivity contribution in [3.63, 3.8) is 0 Å². The molecule has 0 radical (unpaired) electrons. The lowest BCUT2D eigenvalue weighted by molar-refractivity contribution is 0.0928. The van der Waals surface area contributed by atoms with E-state index >= 15 is 0 Å². The van der Waals surface area contributed by atoms with Gasteiger partial charge in [0.15, 0.2) is 0 Å². The van der Waals surface area contributed by atoms with Crippen molar-refractivity contribution in [1.82, 2.24) is 10.3 Å². The monoisotopic (exact) mass is 192 g/mol. The fraction of sp³-hybridized carbons (Fsp3) is 0.545. The number of carbonyl (C=O) groups excluding carboxylic acids is 1. The van der Waals surface area contributed by atoms with Crippen LogP contribution in [0.4, 0.5) is 0 Å². The molecule has 1 aliphatic carbocycles. The van der Waals surface area contributed by atoms with Gasteiger partial charge < -0.3 is 10.3 Å². The Morgan fingerprint density at radius 2 is 2.14 bits per heavy atom. The Morgan fingerprint density at radius 3 is 2.79 bits per heavy atom. The van der Waals surface area contributed by atoms with Crippen LogP contribution in [0, 0.1) is 0 Å². The zero-order chi connectivity index (χ0) is 9.80. The van der Waals surface area contributed by atoms with Gasteiger partial charge in [-0.2, -0.15) is 0 Å². The van der Waals surface area contributed by atoms with E-state index in [4.69, 9.17) is 0 Å². The van der Waals surface area contributed by atoms with Crippen LogP contribution in [0.2, 0.25) is 0 Å². The van der Waals surface area contributed by atoms with Gasteiger partial charge in [-0.05, 0) is 18.9 Å². The molecule has 14 heavy (non-hydrogen) atoms. The van der Waals surface area contributed by atoms with Gasteiger partial charge in [0.1, 0.15) is 0 Å². The first-order valence-electron chi connectivity index (χ1n) is 5.30. The molecule has 0 bridgehead atoms. The van der Waals surface area contributed by atoms with Gasteiger partial charge in [0.25, 0.3) is 5.91 Å². The molecule has 0 atom stereocenters. The molecule has 1 fully saturated rings. The van der Waals surface area contributed by atoms with E-state index in [1.165, 1.54) is 19.3 Å². The quantitative estimate of drug-likeness (QED) is 0.740. The van der Waals surface area contributed by atoms with Crippen LogP contribution in [0.1, 0.15) is 42.5 Å². The molecule has 76 valence electrons. The molecular formula is C11H16N2O. The fourth-order valence-corrected chi connectivity index (χ4v) is 1.98. The summed E-state index contributed by atoms with van der Waals surface area (Å²) >= 11 is 0. The van der Waals surface area contributed by atoms with Crippen LogP contribution in [0.5, 0.6) is 0 Å². The first-order valence-corrected chi connectivity index (χ1v) is 5.30. The van der Waals surface area contributed by atoms with Crippen LogP contribution in [-0.4, -0.2) is 16.9 Å². The number of nitrogens with one attached hydrogen (secondary N) is 2. The minimum atomic E-state index is 0.0538. The van der Waals surface area contributed by atoms with Crippen LogP contribution in [0.25, 0.3) is 0 Å². The van der Waals surface area contributed by atoms with Crippen molar-refractivity contribution in [2.45, 2.75) is 38.1 Å². The molecular weight excluding hydrogens is 176 g/mol. The Bertz CT molecular complexity index is 286. The summed E-state index contributed by atoms with van der Waals surface area (Å²) in [5.41, 5.74) is 0.732. The maximum absolute atomic E-state index is 11.6. The molecule has 2 rings (SSSR count). The zero-order valence-electron chi connectivity index (χ0n) is 8.25. The minimum Gasteiger partial charge on any atom is -0.367 e. The number of rotatable bonds is 2. The maximum Gasteiger partial charge on any atom is 0.253 e. The largest absolute Gasteiger partial charge is 0.367 e. The highest BCUT2D eigenvalue weighted by atomic mass is 16.1. The second-order valence-corrected chi connectivity index (χ2v) is 3.91. The number of hydrogen-bond acceptors (Lipinski definition) is 1. The summed E-state index contributed by atoms with van der Waals surface area (Å²) in [4.78, 5) is 14.5. The number of aromatic amines is 1. The summed E-state index contributed by atoms with van der Waals surface area (Å²) in [5, 5.41) is 3.06. The molecule has 0 unspecified atom stereocenters. The van der Waals surface area contributed by atoms with E-state index in [2.05, 4.69) is 10.3 Å². The normalized spacial score (nSPS) is 18.0. The standard InChI is InChI=1S/C11H16N2O/c14-11(9-6-7-12-8-9)13-10-4-2-1-3-5-10/h6-8,10,12H,1-5H2,(H,13,14). The van der Waals surface area contributed by atoms with Crippen molar-refractivity contribution in [2.75, 3.05) is 0 Å². The molecule has 1 heterocycles. The predicted molar refractivity (Wildman–Crippen MR) is 55.1 cm³/mol. The number of hydrogen-bond donors (Lipinski definition) is 2. The van der Waals surface area contributed by atoms with E-state index in [9.17, 15) is 4.79 Å². The van der Waals surface area contributed by atoms with Gasteiger partial charge in [0, 0.05) is 18.4 Å². The van der Waals surface area contributed by atoms with E-state index in [0.29, 0.717) is 6.04 Å². The predicted octanol–water partition coefficient (Wildman–Crippen LogP) is 2.08. The fourth-order valence-electron chi connectivity index (χ4n) is 1.98. The van der Waals surface area contributed by atoms with E-state index in [1.54, 1.807) is 18.5 Å². The van der Waals surface area contributed by atoms with Crippen molar-refractivity contribution >= 4 is 5.91 Å². The molecule has 1 aliphatic rings. The SMILES string of the molecule is O=C(NC1CCCCC1)c1cc[nH]c1. The average Bonchev–Trinajstić information content (AvgIpc) is 2.72. The molecule has 2 N–H and O–H groups in total. The molecule has 3 nitrogen and oxygen atoms in total. The molecule has 0 saturated heterocycles. The third-order valence-electron chi connectivity index (χ3n) is 2.80. The summed E-state index contributed by atoms with van der Waals surface area (Å²) in [6.45, 7) is 0. The van der Waals surface area contributed by atoms with E-state index in [1.807, 2.05) is 0 Å².